The van der Waals surface area contributed by atoms with Gasteiger partial charge in [0.15, 0.2) is 21.5 Å². The van der Waals surface area contributed by atoms with Gasteiger partial charge in [-0.2, -0.15) is 0 Å². The Balaban J connectivity index is 4.32. The van der Waals surface area contributed by atoms with E-state index in [0.29, 0.717) is 0 Å². The van der Waals surface area contributed by atoms with E-state index in [1.165, 1.54) is 0 Å². The average Bonchev–Trinajstić information content (AvgIpc) is 2.35. The van der Waals surface area contributed by atoms with Crippen molar-refractivity contribution in [3.8, 4) is 0 Å². The number of hydrogen-bond donors (Lipinski definition) is 2. The number of carbonyl (C=O) groups is 2. The van der Waals surface area contributed by atoms with Gasteiger partial charge in [0.25, 0.3) is 0 Å². The highest BCUT2D eigenvalue weighted by molar-refractivity contribution is 5.91. The third-order valence-corrected chi connectivity index (χ3v) is 1.82. The fourth-order valence-electron chi connectivity index (χ4n) is 0.927. The van der Waals surface area contributed by atoms with Crippen molar-refractivity contribution in [1.29, 1.82) is 10.8 Å². The molecule has 0 aliphatic rings. The van der Waals surface area contributed by atoms with Crippen molar-refractivity contribution >= 4 is 11.9 Å². The van der Waals surface area contributed by atoms with Crippen LogP contribution in [0.25, 0.3) is 9.95 Å². The number of allylic oxidation sites excluding steroid dienone is 2. The zero-order valence-electron chi connectivity index (χ0n) is 10.7. The molecule has 0 fully saturated rings. The Labute approximate surface area is 113 Å². The summed E-state index contributed by atoms with van der Waals surface area (Å²) < 4.78 is 9.04. The first-order valence-electron chi connectivity index (χ1n) is 5.19. The molecule has 0 aromatic heterocycles. The second kappa shape index (κ2) is 8.05. The van der Waals surface area contributed by atoms with Crippen LogP contribution in [0.1, 0.15) is 13.8 Å². The van der Waals surface area contributed by atoms with Crippen LogP contribution < -0.4 is 0 Å². The molecule has 0 aromatic carbocycles. The maximum atomic E-state index is 11.2. The van der Waals surface area contributed by atoms with Gasteiger partial charge in [0.1, 0.15) is 13.2 Å². The van der Waals surface area contributed by atoms with E-state index in [1.54, 1.807) is 0 Å². The van der Waals surface area contributed by atoms with Crippen LogP contribution in [0, 0.1) is 10.8 Å². The molecule has 0 heterocycles. The number of diazo groups is 2. The van der Waals surface area contributed by atoms with E-state index in [0.717, 1.165) is 13.8 Å². The van der Waals surface area contributed by atoms with Gasteiger partial charge in [0, 0.05) is 13.8 Å². The van der Waals surface area contributed by atoms with Crippen molar-refractivity contribution in [1.82, 2.24) is 0 Å². The van der Waals surface area contributed by atoms with Gasteiger partial charge >= 0.3 is 23.3 Å². The van der Waals surface area contributed by atoms with Crippen molar-refractivity contribution in [2.24, 2.45) is 0 Å². The number of carbonyl (C=O) groups excluding carboxylic acids is 2. The highest BCUT2D eigenvalue weighted by Crippen LogP contribution is 2.06. The summed E-state index contributed by atoms with van der Waals surface area (Å²) in [6, 6.07) is 0. The van der Waals surface area contributed by atoms with E-state index in [2.05, 4.69) is 19.4 Å². The number of hydrogen-bond acceptors (Lipinski definition) is 8. The van der Waals surface area contributed by atoms with Gasteiger partial charge in [-0.3, -0.25) is 0 Å². The predicted octanol–water partition coefficient (Wildman–Crippen LogP) is 1.36. The topological polar surface area (TPSA) is 149 Å². The van der Waals surface area contributed by atoms with E-state index >= 15 is 0 Å². The van der Waals surface area contributed by atoms with Gasteiger partial charge in [-0.1, -0.05) is 0 Å². The Bertz CT molecular complexity index is 493. The molecular formula is C10H12N4O6+2. The van der Waals surface area contributed by atoms with Gasteiger partial charge in [0.05, 0.1) is 0 Å². The number of ether oxygens (including phenoxy) is 2. The van der Waals surface area contributed by atoms with Crippen LogP contribution in [-0.4, -0.2) is 35.4 Å². The standard InChI is InChI=1S/C10H10N4O6/c1-5(15)7(13-11)9(17)19-3-4-20-10(18)8(14-12)6(2)16/h3-4H2,1-2H3/p+2. The third kappa shape index (κ3) is 5.01. The van der Waals surface area contributed by atoms with Crippen molar-refractivity contribution < 1.29 is 29.3 Å². The average molecular weight is 284 g/mol. The van der Waals surface area contributed by atoms with E-state index in [9.17, 15) is 9.59 Å². The zero-order valence-corrected chi connectivity index (χ0v) is 10.7. The van der Waals surface area contributed by atoms with Crippen LogP contribution >= 0.6 is 0 Å². The zero-order chi connectivity index (χ0) is 15.7. The molecule has 0 saturated heterocycles. The molecule has 0 atom stereocenters. The van der Waals surface area contributed by atoms with Crippen LogP contribution in [0.15, 0.2) is 22.9 Å². The van der Waals surface area contributed by atoms with Crippen LogP contribution in [0.3, 0.4) is 0 Å². The molecule has 106 valence electrons. The maximum Gasteiger partial charge on any atom is 0.504 e. The first kappa shape index (κ1) is 16.9. The molecule has 0 amide bonds. The lowest BCUT2D eigenvalue weighted by Gasteiger charge is -2.00. The summed E-state index contributed by atoms with van der Waals surface area (Å²) in [5.74, 6) is -3.33. The summed E-state index contributed by atoms with van der Waals surface area (Å²) in [5.41, 5.74) is -1.37. The van der Waals surface area contributed by atoms with Crippen LogP contribution in [0.4, 0.5) is 0 Å². The normalized spacial score (nSPS) is 12.2. The van der Waals surface area contributed by atoms with Gasteiger partial charge < -0.3 is 19.7 Å². The van der Waals surface area contributed by atoms with Crippen LogP contribution in [-0.2, 0) is 19.1 Å². The fraction of sp³-hybridized carbons (Fsp3) is 0.400. The smallest absolute Gasteiger partial charge is 0.504 e. The lowest BCUT2D eigenvalue weighted by Crippen LogP contribution is -2.16. The van der Waals surface area contributed by atoms with Gasteiger partial charge in [-0.25, -0.2) is 9.59 Å². The number of esters is 2. The SMILES string of the molecule is C/C(O)=C(\[N+]#N)C(=O)OCCOC(=O)/C([N+]#N)=C(/C)O. The molecule has 0 bridgehead atoms. The first-order chi connectivity index (χ1) is 9.34. The Kier molecular flexibility index (Phi) is 6.78. The highest BCUT2D eigenvalue weighted by atomic mass is 16.6. The number of rotatable bonds is 5. The molecular weight excluding hydrogens is 272 g/mol. The van der Waals surface area contributed by atoms with Crippen LogP contribution in [0.5, 0.6) is 0 Å². The van der Waals surface area contributed by atoms with Crippen LogP contribution in [0.2, 0.25) is 0 Å². The summed E-state index contributed by atoms with van der Waals surface area (Å²) in [6.45, 7) is 1.42. The molecule has 0 aliphatic carbocycles. The van der Waals surface area contributed by atoms with Gasteiger partial charge in [-0.05, 0) is 0 Å². The molecule has 0 unspecified atom stereocenters. The van der Waals surface area contributed by atoms with E-state index in [-0.39, 0.29) is 0 Å². The molecule has 0 saturated carbocycles. The summed E-state index contributed by atoms with van der Waals surface area (Å²) >= 11 is 0. The largest absolute Gasteiger partial charge is 0.505 e. The fourth-order valence-corrected chi connectivity index (χ4v) is 0.927. The minimum atomic E-state index is -1.12. The van der Waals surface area contributed by atoms with E-state index in [1.807, 2.05) is 0 Å². The van der Waals surface area contributed by atoms with E-state index in [4.69, 9.17) is 21.0 Å². The lowest BCUT2D eigenvalue weighted by atomic mass is 10.4. The second-order valence-corrected chi connectivity index (χ2v) is 3.34. The molecule has 20 heavy (non-hydrogen) atoms. The lowest BCUT2D eigenvalue weighted by molar-refractivity contribution is -0.147. The monoisotopic (exact) mass is 284 g/mol. The van der Waals surface area contributed by atoms with Crippen molar-refractivity contribution in [3.05, 3.63) is 32.9 Å². The Hall–Kier alpha value is -3.14. The molecule has 0 rings (SSSR count). The summed E-state index contributed by atoms with van der Waals surface area (Å²) in [5, 5.41) is 34.8. The summed E-state index contributed by atoms with van der Waals surface area (Å²) in [7, 11) is 0. The van der Waals surface area contributed by atoms with Crippen molar-refractivity contribution in [3.63, 3.8) is 0 Å². The number of aliphatic hydroxyl groups excluding tert-OH is 2. The molecule has 0 radical (unpaired) electrons. The maximum absolute atomic E-state index is 11.2. The molecule has 2 N–H and O–H groups in total. The minimum Gasteiger partial charge on any atom is -0.505 e. The molecule has 10 nitrogen and oxygen atoms in total. The van der Waals surface area contributed by atoms with Gasteiger partial charge in [-0.15, -0.1) is 0 Å². The van der Waals surface area contributed by atoms with E-state index < -0.39 is 48.1 Å². The Morgan fingerprint density at radius 1 is 0.900 bits per heavy atom. The number of nitrogens with zero attached hydrogens (tertiary/aromatic N) is 4. The van der Waals surface area contributed by atoms with Crippen molar-refractivity contribution in [2.45, 2.75) is 13.8 Å². The molecule has 0 aliphatic heterocycles. The first-order valence-corrected chi connectivity index (χ1v) is 5.19. The van der Waals surface area contributed by atoms with Crippen molar-refractivity contribution in [2.75, 3.05) is 13.2 Å². The molecule has 10 heteroatoms. The summed E-state index contributed by atoms with van der Waals surface area (Å²) in [4.78, 5) is 27.5. The highest BCUT2D eigenvalue weighted by Gasteiger charge is 2.30. The third-order valence-electron chi connectivity index (χ3n) is 1.82. The molecule has 0 aromatic rings. The second-order valence-electron chi connectivity index (χ2n) is 3.34. The Morgan fingerprint density at radius 3 is 1.40 bits per heavy atom. The predicted molar refractivity (Wildman–Crippen MR) is 62.7 cm³/mol. The quantitative estimate of drug-likeness (QED) is 0.252. The Morgan fingerprint density at radius 2 is 1.20 bits per heavy atom. The molecule has 0 spiro atoms. The summed E-state index contributed by atoms with van der Waals surface area (Å²) in [6.07, 6.45) is 0. The van der Waals surface area contributed by atoms with Gasteiger partial charge in [0.2, 0.25) is 10.8 Å². The minimum absolute atomic E-state index is 0.403. The number of aliphatic hydroxyl groups is 2.